The van der Waals surface area contributed by atoms with Gasteiger partial charge in [-0.3, -0.25) is 9.59 Å². The standard InChI is InChI=1S/C18H13F2N3O5/c19-18(20)28-13-8-4-3-7-12(13)21-14(24)9-23-16(25)11-6-2-1-5-10(11)15(22-23)17(26)27/h1-8,18H,9H2,(H,21,24)(H,26,27)/p-1. The first-order valence-electron chi connectivity index (χ1n) is 7.91. The van der Waals surface area contributed by atoms with Gasteiger partial charge in [0.25, 0.3) is 5.56 Å². The summed E-state index contributed by atoms with van der Waals surface area (Å²) in [6.07, 6.45) is 0. The Kier molecular flexibility index (Phi) is 5.30. The Morgan fingerprint density at radius 2 is 1.75 bits per heavy atom. The molecule has 0 aliphatic carbocycles. The normalized spacial score (nSPS) is 10.8. The number of halogens is 2. The summed E-state index contributed by atoms with van der Waals surface area (Å²) in [5.41, 5.74) is -1.22. The number of benzene rings is 2. The molecule has 0 fully saturated rings. The van der Waals surface area contributed by atoms with Crippen LogP contribution in [0, 0.1) is 0 Å². The molecule has 0 saturated heterocycles. The number of fused-ring (bicyclic) bond motifs is 1. The average molecular weight is 388 g/mol. The Balaban J connectivity index is 1.91. The number of carbonyl (C=O) groups is 2. The minimum atomic E-state index is -3.09. The molecular weight excluding hydrogens is 376 g/mol. The van der Waals surface area contributed by atoms with Crippen molar-refractivity contribution < 1.29 is 28.2 Å². The highest BCUT2D eigenvalue weighted by molar-refractivity contribution is 6.00. The number of aromatic nitrogens is 2. The second kappa shape index (κ2) is 7.82. The summed E-state index contributed by atoms with van der Waals surface area (Å²) in [5.74, 6) is -2.67. The van der Waals surface area contributed by atoms with E-state index in [0.717, 1.165) is 0 Å². The summed E-state index contributed by atoms with van der Waals surface area (Å²) in [4.78, 5) is 36.1. The molecule has 0 radical (unpaired) electrons. The van der Waals surface area contributed by atoms with Crippen LogP contribution in [0.1, 0.15) is 10.5 Å². The highest BCUT2D eigenvalue weighted by atomic mass is 19.3. The Bertz CT molecular complexity index is 1110. The Labute approximate surface area is 156 Å². The van der Waals surface area contributed by atoms with Crippen molar-refractivity contribution in [2.45, 2.75) is 13.2 Å². The Morgan fingerprint density at radius 3 is 2.43 bits per heavy atom. The molecule has 0 aliphatic heterocycles. The maximum absolute atomic E-state index is 12.5. The van der Waals surface area contributed by atoms with E-state index in [1.54, 1.807) is 0 Å². The lowest BCUT2D eigenvalue weighted by molar-refractivity contribution is -0.255. The van der Waals surface area contributed by atoms with Gasteiger partial charge in [-0.15, -0.1) is 0 Å². The predicted octanol–water partition coefficient (Wildman–Crippen LogP) is 1.00. The van der Waals surface area contributed by atoms with Crippen LogP contribution >= 0.6 is 0 Å². The molecule has 1 aromatic heterocycles. The number of amides is 1. The van der Waals surface area contributed by atoms with Crippen LogP contribution in [0.4, 0.5) is 14.5 Å². The Morgan fingerprint density at radius 1 is 1.11 bits per heavy atom. The number of aromatic carboxylic acids is 1. The number of hydrogen-bond donors (Lipinski definition) is 1. The van der Waals surface area contributed by atoms with Crippen LogP contribution in [0.5, 0.6) is 5.75 Å². The van der Waals surface area contributed by atoms with Crippen LogP contribution < -0.4 is 20.7 Å². The first kappa shape index (κ1) is 19.0. The van der Waals surface area contributed by atoms with E-state index in [4.69, 9.17) is 0 Å². The number of para-hydroxylation sites is 2. The number of carbonyl (C=O) groups excluding carboxylic acids is 2. The van der Waals surface area contributed by atoms with Crippen molar-refractivity contribution in [1.82, 2.24) is 9.78 Å². The van der Waals surface area contributed by atoms with Crippen LogP contribution in [-0.2, 0) is 11.3 Å². The number of ether oxygens (including phenoxy) is 1. The second-order valence-electron chi connectivity index (χ2n) is 5.57. The number of nitrogens with one attached hydrogen (secondary N) is 1. The number of alkyl halides is 2. The lowest BCUT2D eigenvalue weighted by Crippen LogP contribution is -2.34. The number of rotatable bonds is 6. The van der Waals surface area contributed by atoms with Gasteiger partial charge >= 0.3 is 6.61 Å². The summed E-state index contributed by atoms with van der Waals surface area (Å²) < 4.78 is 29.9. The fourth-order valence-corrected chi connectivity index (χ4v) is 2.59. The number of anilines is 1. The van der Waals surface area contributed by atoms with Gasteiger partial charge < -0.3 is 20.0 Å². The van der Waals surface area contributed by atoms with E-state index < -0.39 is 36.3 Å². The first-order valence-corrected chi connectivity index (χ1v) is 7.91. The van der Waals surface area contributed by atoms with Crippen molar-refractivity contribution in [3.63, 3.8) is 0 Å². The molecule has 0 aliphatic rings. The fraction of sp³-hybridized carbons (Fsp3) is 0.111. The molecule has 2 aromatic carbocycles. The van der Waals surface area contributed by atoms with Crippen LogP contribution in [0.2, 0.25) is 0 Å². The molecule has 1 N–H and O–H groups in total. The molecule has 28 heavy (non-hydrogen) atoms. The molecule has 3 aromatic rings. The number of hydrogen-bond acceptors (Lipinski definition) is 6. The SMILES string of the molecule is O=C(Cn1nc(C(=O)[O-])c2ccccc2c1=O)Nc1ccccc1OC(F)F. The molecule has 144 valence electrons. The topological polar surface area (TPSA) is 113 Å². The summed E-state index contributed by atoms with van der Waals surface area (Å²) >= 11 is 0. The summed E-state index contributed by atoms with van der Waals surface area (Å²) in [6.45, 7) is -3.74. The minimum absolute atomic E-state index is 0.0400. The lowest BCUT2D eigenvalue weighted by atomic mass is 10.1. The molecule has 0 bridgehead atoms. The van der Waals surface area contributed by atoms with Gasteiger partial charge in [-0.1, -0.05) is 30.3 Å². The molecule has 0 spiro atoms. The quantitative estimate of drug-likeness (QED) is 0.674. The van der Waals surface area contributed by atoms with Gasteiger partial charge in [0, 0.05) is 5.39 Å². The van der Waals surface area contributed by atoms with Crippen molar-refractivity contribution >= 4 is 28.3 Å². The smallest absolute Gasteiger partial charge is 0.387 e. The highest BCUT2D eigenvalue weighted by Gasteiger charge is 2.15. The van der Waals surface area contributed by atoms with Gasteiger partial charge in [-0.05, 0) is 18.2 Å². The van der Waals surface area contributed by atoms with Gasteiger partial charge in [0.2, 0.25) is 5.91 Å². The zero-order valence-corrected chi connectivity index (χ0v) is 14.1. The molecule has 8 nitrogen and oxygen atoms in total. The minimum Gasteiger partial charge on any atom is -0.543 e. The van der Waals surface area contributed by atoms with E-state index in [2.05, 4.69) is 15.2 Å². The molecule has 0 atom stereocenters. The van der Waals surface area contributed by atoms with E-state index in [1.165, 1.54) is 48.5 Å². The zero-order chi connectivity index (χ0) is 20.3. The molecule has 1 amide bonds. The largest absolute Gasteiger partial charge is 0.543 e. The third-order valence-corrected chi connectivity index (χ3v) is 3.73. The molecule has 0 saturated carbocycles. The van der Waals surface area contributed by atoms with E-state index in [-0.39, 0.29) is 22.2 Å². The molecular formula is C18H12F2N3O5-. The number of carboxylic acid groups (broad SMARTS) is 1. The van der Waals surface area contributed by atoms with E-state index in [9.17, 15) is 28.3 Å². The van der Waals surface area contributed by atoms with Gasteiger partial charge in [-0.25, -0.2) is 4.68 Å². The summed E-state index contributed by atoms with van der Waals surface area (Å²) in [5, 5.41) is 17.5. The summed E-state index contributed by atoms with van der Waals surface area (Å²) in [7, 11) is 0. The highest BCUT2D eigenvalue weighted by Crippen LogP contribution is 2.25. The maximum Gasteiger partial charge on any atom is 0.387 e. The van der Waals surface area contributed by atoms with Gasteiger partial charge in [0.1, 0.15) is 18.0 Å². The summed E-state index contributed by atoms with van der Waals surface area (Å²) in [6, 6.07) is 11.4. The molecule has 0 unspecified atom stereocenters. The Hall–Kier alpha value is -3.82. The molecule has 10 heteroatoms. The van der Waals surface area contributed by atoms with E-state index in [0.29, 0.717) is 4.68 Å². The molecule has 3 rings (SSSR count). The van der Waals surface area contributed by atoms with Crippen LogP contribution in [-0.4, -0.2) is 28.3 Å². The van der Waals surface area contributed by atoms with Crippen LogP contribution in [0.3, 0.4) is 0 Å². The third kappa shape index (κ3) is 3.95. The first-order chi connectivity index (χ1) is 13.4. The predicted molar refractivity (Wildman–Crippen MR) is 92.0 cm³/mol. The van der Waals surface area contributed by atoms with Gasteiger partial charge in [-0.2, -0.15) is 13.9 Å². The van der Waals surface area contributed by atoms with Gasteiger partial charge in [0.05, 0.1) is 17.0 Å². The number of nitrogens with zero attached hydrogens (tertiary/aromatic N) is 2. The second-order valence-corrected chi connectivity index (χ2v) is 5.57. The van der Waals surface area contributed by atoms with Gasteiger partial charge in [0.15, 0.2) is 0 Å². The van der Waals surface area contributed by atoms with Crippen molar-refractivity contribution in [1.29, 1.82) is 0 Å². The lowest BCUT2D eigenvalue weighted by Gasteiger charge is -2.13. The van der Waals surface area contributed by atoms with Crippen molar-refractivity contribution in [3.05, 3.63) is 64.6 Å². The van der Waals surface area contributed by atoms with Crippen LogP contribution in [0.15, 0.2) is 53.3 Å². The third-order valence-electron chi connectivity index (χ3n) is 3.73. The van der Waals surface area contributed by atoms with Crippen molar-refractivity contribution in [3.8, 4) is 5.75 Å². The van der Waals surface area contributed by atoms with Crippen molar-refractivity contribution in [2.75, 3.05) is 5.32 Å². The van der Waals surface area contributed by atoms with E-state index in [1.807, 2.05) is 0 Å². The molecule has 1 heterocycles. The number of carboxylic acids is 1. The monoisotopic (exact) mass is 388 g/mol. The average Bonchev–Trinajstić information content (AvgIpc) is 2.65. The van der Waals surface area contributed by atoms with Crippen LogP contribution in [0.25, 0.3) is 10.8 Å². The van der Waals surface area contributed by atoms with E-state index >= 15 is 0 Å². The maximum atomic E-state index is 12.5. The zero-order valence-electron chi connectivity index (χ0n) is 14.1. The van der Waals surface area contributed by atoms with Crippen molar-refractivity contribution in [2.24, 2.45) is 0 Å². The fourth-order valence-electron chi connectivity index (χ4n) is 2.59.